The normalized spacial score (nSPS) is 13.8. The Morgan fingerprint density at radius 2 is 1.53 bits per heavy atom. The SMILES string of the molecule is COc1ccc(/C=N\NC(=O)[C@H](Cc2ccccc2)N2C(=O)c3ccccc3C2=O)cc1. The molecule has 1 atom stereocenters. The standard InChI is InChI=1S/C25H21N3O4/c1-32-19-13-11-18(12-14-19)16-26-27-23(29)22(15-17-7-3-2-4-8-17)28-24(30)20-9-5-6-10-21(20)25(28)31/h2-14,16,22H,15H2,1H3,(H,27,29)/b26-16-/t22-/m0/s1. The lowest BCUT2D eigenvalue weighted by Crippen LogP contribution is -2.49. The Kier molecular flexibility index (Phi) is 6.07. The fourth-order valence-corrected chi connectivity index (χ4v) is 3.56. The van der Waals surface area contributed by atoms with Gasteiger partial charge >= 0.3 is 0 Å². The molecule has 4 rings (SSSR count). The average Bonchev–Trinajstić information content (AvgIpc) is 3.08. The molecule has 3 aromatic carbocycles. The van der Waals surface area contributed by atoms with Gasteiger partial charge in [0.25, 0.3) is 17.7 Å². The molecule has 0 aromatic heterocycles. The van der Waals surface area contributed by atoms with E-state index < -0.39 is 23.8 Å². The number of nitrogens with zero attached hydrogens (tertiary/aromatic N) is 2. The fourth-order valence-electron chi connectivity index (χ4n) is 3.56. The van der Waals surface area contributed by atoms with Gasteiger partial charge < -0.3 is 4.74 Å². The molecule has 1 aliphatic rings. The molecule has 32 heavy (non-hydrogen) atoms. The Bertz CT molecular complexity index is 1140. The highest BCUT2D eigenvalue weighted by molar-refractivity contribution is 6.22. The Morgan fingerprint density at radius 3 is 2.12 bits per heavy atom. The van der Waals surface area contributed by atoms with E-state index in [9.17, 15) is 14.4 Å². The highest BCUT2D eigenvalue weighted by Gasteiger charge is 2.42. The van der Waals surface area contributed by atoms with E-state index in [0.29, 0.717) is 16.9 Å². The summed E-state index contributed by atoms with van der Waals surface area (Å²) in [6.45, 7) is 0. The lowest BCUT2D eigenvalue weighted by Gasteiger charge is -2.24. The topological polar surface area (TPSA) is 88.1 Å². The summed E-state index contributed by atoms with van der Waals surface area (Å²) < 4.78 is 5.12. The van der Waals surface area contributed by atoms with Gasteiger partial charge in [-0.25, -0.2) is 5.43 Å². The number of nitrogens with one attached hydrogen (secondary N) is 1. The van der Waals surface area contributed by atoms with Crippen LogP contribution in [0.25, 0.3) is 0 Å². The van der Waals surface area contributed by atoms with Crippen molar-refractivity contribution < 1.29 is 19.1 Å². The molecule has 0 spiro atoms. The molecule has 0 radical (unpaired) electrons. The van der Waals surface area contributed by atoms with Gasteiger partial charge in [0.2, 0.25) is 0 Å². The summed E-state index contributed by atoms with van der Waals surface area (Å²) >= 11 is 0. The zero-order valence-electron chi connectivity index (χ0n) is 17.4. The quantitative estimate of drug-likeness (QED) is 0.357. The number of hydrogen-bond acceptors (Lipinski definition) is 5. The van der Waals surface area contributed by atoms with E-state index in [0.717, 1.165) is 16.0 Å². The summed E-state index contributed by atoms with van der Waals surface area (Å²) in [5, 5.41) is 4.02. The molecule has 0 saturated heterocycles. The number of methoxy groups -OCH3 is 1. The number of ether oxygens (including phenoxy) is 1. The molecular formula is C25H21N3O4. The van der Waals surface area contributed by atoms with Crippen molar-refractivity contribution in [2.75, 3.05) is 7.11 Å². The van der Waals surface area contributed by atoms with E-state index in [1.165, 1.54) is 6.21 Å². The fraction of sp³-hybridized carbons (Fsp3) is 0.120. The minimum Gasteiger partial charge on any atom is -0.497 e. The number of imide groups is 1. The van der Waals surface area contributed by atoms with Crippen molar-refractivity contribution in [3.8, 4) is 5.75 Å². The second-order valence-electron chi connectivity index (χ2n) is 7.24. The number of fused-ring (bicyclic) bond motifs is 1. The molecular weight excluding hydrogens is 406 g/mol. The van der Waals surface area contributed by atoms with Gasteiger partial charge in [-0.3, -0.25) is 19.3 Å². The van der Waals surface area contributed by atoms with Crippen molar-refractivity contribution in [1.82, 2.24) is 10.3 Å². The van der Waals surface area contributed by atoms with Crippen LogP contribution in [0.2, 0.25) is 0 Å². The van der Waals surface area contributed by atoms with E-state index in [1.54, 1.807) is 55.6 Å². The summed E-state index contributed by atoms with van der Waals surface area (Å²) in [5.41, 5.74) is 4.65. The third-order valence-corrected chi connectivity index (χ3v) is 5.22. The number of rotatable bonds is 7. The van der Waals surface area contributed by atoms with Gasteiger partial charge in [-0.15, -0.1) is 0 Å². The zero-order valence-corrected chi connectivity index (χ0v) is 17.4. The predicted octanol–water partition coefficient (Wildman–Crippen LogP) is 3.05. The van der Waals surface area contributed by atoms with E-state index in [4.69, 9.17) is 4.74 Å². The highest BCUT2D eigenvalue weighted by atomic mass is 16.5. The molecule has 0 bridgehead atoms. The van der Waals surface area contributed by atoms with Crippen molar-refractivity contribution in [2.45, 2.75) is 12.5 Å². The van der Waals surface area contributed by atoms with Crippen molar-refractivity contribution in [3.05, 3.63) is 101 Å². The van der Waals surface area contributed by atoms with Crippen molar-refractivity contribution in [1.29, 1.82) is 0 Å². The van der Waals surface area contributed by atoms with E-state index in [-0.39, 0.29) is 6.42 Å². The number of amides is 3. The van der Waals surface area contributed by atoms with Crippen LogP contribution < -0.4 is 10.2 Å². The third kappa shape index (κ3) is 4.27. The first-order chi connectivity index (χ1) is 15.6. The Morgan fingerprint density at radius 1 is 0.938 bits per heavy atom. The van der Waals surface area contributed by atoms with Crippen LogP contribution in [0.3, 0.4) is 0 Å². The minimum absolute atomic E-state index is 0.177. The molecule has 0 saturated carbocycles. The van der Waals surface area contributed by atoms with Crippen LogP contribution in [0.1, 0.15) is 31.8 Å². The Balaban J connectivity index is 1.57. The maximum Gasteiger partial charge on any atom is 0.263 e. The van der Waals surface area contributed by atoms with Crippen molar-refractivity contribution >= 4 is 23.9 Å². The third-order valence-electron chi connectivity index (χ3n) is 5.22. The van der Waals surface area contributed by atoms with Crippen LogP contribution in [0.4, 0.5) is 0 Å². The lowest BCUT2D eigenvalue weighted by atomic mass is 10.0. The summed E-state index contributed by atoms with van der Waals surface area (Å²) in [6, 6.07) is 21.9. The number of hydrazone groups is 1. The number of hydrogen-bond donors (Lipinski definition) is 1. The summed E-state index contributed by atoms with van der Waals surface area (Å²) in [4.78, 5) is 40.0. The molecule has 160 valence electrons. The van der Waals surface area contributed by atoms with E-state index >= 15 is 0 Å². The molecule has 0 unspecified atom stereocenters. The highest BCUT2D eigenvalue weighted by Crippen LogP contribution is 2.26. The molecule has 1 N–H and O–H groups in total. The maximum atomic E-state index is 13.1. The first kappa shape index (κ1) is 21.0. The molecule has 7 heteroatoms. The van der Waals surface area contributed by atoms with Crippen LogP contribution in [-0.2, 0) is 11.2 Å². The van der Waals surface area contributed by atoms with Crippen LogP contribution in [-0.4, -0.2) is 42.0 Å². The molecule has 3 amide bonds. The first-order valence-corrected chi connectivity index (χ1v) is 10.1. The summed E-state index contributed by atoms with van der Waals surface area (Å²) in [5.74, 6) is -0.811. The molecule has 7 nitrogen and oxygen atoms in total. The van der Waals surface area contributed by atoms with Crippen LogP contribution in [0.5, 0.6) is 5.75 Å². The second kappa shape index (κ2) is 9.26. The molecule has 1 heterocycles. The van der Waals surface area contributed by atoms with E-state index in [2.05, 4.69) is 10.5 Å². The Hall–Kier alpha value is -4.26. The van der Waals surface area contributed by atoms with Crippen LogP contribution in [0, 0.1) is 0 Å². The second-order valence-corrected chi connectivity index (χ2v) is 7.24. The lowest BCUT2D eigenvalue weighted by molar-refractivity contribution is -0.125. The van der Waals surface area contributed by atoms with Gasteiger partial charge in [0, 0.05) is 6.42 Å². The van der Waals surface area contributed by atoms with Gasteiger partial charge in [-0.2, -0.15) is 5.10 Å². The largest absolute Gasteiger partial charge is 0.497 e. The Labute approximate surface area is 185 Å². The summed E-state index contributed by atoms with van der Waals surface area (Å²) in [6.07, 6.45) is 1.66. The molecule has 0 fully saturated rings. The number of carbonyl (C=O) groups is 3. The monoisotopic (exact) mass is 427 g/mol. The van der Waals surface area contributed by atoms with Gasteiger partial charge in [0.1, 0.15) is 11.8 Å². The van der Waals surface area contributed by atoms with Crippen LogP contribution in [0.15, 0.2) is 84.0 Å². The zero-order chi connectivity index (χ0) is 22.5. The predicted molar refractivity (Wildman–Crippen MR) is 120 cm³/mol. The van der Waals surface area contributed by atoms with Gasteiger partial charge in [0.15, 0.2) is 0 Å². The molecule has 0 aliphatic carbocycles. The van der Waals surface area contributed by atoms with Crippen LogP contribution >= 0.6 is 0 Å². The minimum atomic E-state index is -1.04. The van der Waals surface area contributed by atoms with Crippen molar-refractivity contribution in [2.24, 2.45) is 5.10 Å². The van der Waals surface area contributed by atoms with Gasteiger partial charge in [0.05, 0.1) is 24.5 Å². The maximum absolute atomic E-state index is 13.1. The van der Waals surface area contributed by atoms with E-state index in [1.807, 2.05) is 30.3 Å². The van der Waals surface area contributed by atoms with Gasteiger partial charge in [-0.1, -0.05) is 42.5 Å². The van der Waals surface area contributed by atoms with Gasteiger partial charge in [-0.05, 0) is 47.5 Å². The first-order valence-electron chi connectivity index (χ1n) is 10.1. The molecule has 1 aliphatic heterocycles. The smallest absolute Gasteiger partial charge is 0.263 e. The molecule has 3 aromatic rings. The number of benzene rings is 3. The average molecular weight is 427 g/mol. The summed E-state index contributed by atoms with van der Waals surface area (Å²) in [7, 11) is 1.58. The number of carbonyl (C=O) groups excluding carboxylic acids is 3. The van der Waals surface area contributed by atoms with Crippen molar-refractivity contribution in [3.63, 3.8) is 0 Å².